The summed E-state index contributed by atoms with van der Waals surface area (Å²) >= 11 is 1.25. The third-order valence-corrected chi connectivity index (χ3v) is 5.35. The zero-order chi connectivity index (χ0) is 18.1. The van der Waals surface area contributed by atoms with Gasteiger partial charge in [0.05, 0.1) is 4.88 Å². The average molecular weight is 366 g/mol. The number of halogens is 1. The maximum atomic E-state index is 13.9. The SMILES string of the molecule is O=C1CCc2cc(NC(=O)c3ccc(-c4ccccc4F)s3)ccc2N1. The molecule has 3 aromatic rings. The minimum Gasteiger partial charge on any atom is -0.326 e. The van der Waals surface area contributed by atoms with Gasteiger partial charge < -0.3 is 10.6 Å². The Kier molecular flexibility index (Phi) is 4.26. The van der Waals surface area contributed by atoms with Crippen LogP contribution >= 0.6 is 11.3 Å². The second-order valence-corrected chi connectivity index (χ2v) is 7.10. The van der Waals surface area contributed by atoms with Crippen LogP contribution in [0, 0.1) is 5.82 Å². The van der Waals surface area contributed by atoms with Gasteiger partial charge in [-0.2, -0.15) is 0 Å². The number of amides is 2. The Bertz CT molecular complexity index is 1010. The van der Waals surface area contributed by atoms with Crippen LogP contribution in [0.4, 0.5) is 15.8 Å². The van der Waals surface area contributed by atoms with Crippen molar-refractivity contribution in [1.29, 1.82) is 0 Å². The molecule has 0 saturated heterocycles. The Morgan fingerprint density at radius 3 is 2.77 bits per heavy atom. The molecule has 0 radical (unpaired) electrons. The third kappa shape index (κ3) is 3.23. The summed E-state index contributed by atoms with van der Waals surface area (Å²) in [5.41, 5.74) is 2.95. The minimum atomic E-state index is -0.307. The summed E-state index contributed by atoms with van der Waals surface area (Å²) in [5, 5.41) is 5.68. The molecule has 0 spiro atoms. The van der Waals surface area contributed by atoms with Gasteiger partial charge in [0.25, 0.3) is 5.91 Å². The largest absolute Gasteiger partial charge is 0.326 e. The fourth-order valence-corrected chi connectivity index (χ4v) is 3.85. The number of rotatable bonds is 3. The number of carbonyl (C=O) groups excluding carboxylic acids is 2. The van der Waals surface area contributed by atoms with Crippen LogP contribution in [-0.2, 0) is 11.2 Å². The lowest BCUT2D eigenvalue weighted by Gasteiger charge is -2.17. The fourth-order valence-electron chi connectivity index (χ4n) is 2.92. The van der Waals surface area contributed by atoms with Crippen LogP contribution in [-0.4, -0.2) is 11.8 Å². The lowest BCUT2D eigenvalue weighted by molar-refractivity contribution is -0.116. The van der Waals surface area contributed by atoms with E-state index in [1.807, 2.05) is 6.07 Å². The molecule has 26 heavy (non-hydrogen) atoms. The van der Waals surface area contributed by atoms with Crippen LogP contribution in [0.5, 0.6) is 0 Å². The van der Waals surface area contributed by atoms with Gasteiger partial charge in [0.15, 0.2) is 0 Å². The number of thiophene rings is 1. The Labute approximate surface area is 153 Å². The second kappa shape index (κ2) is 6.72. The molecule has 0 atom stereocenters. The van der Waals surface area contributed by atoms with Crippen molar-refractivity contribution >= 4 is 34.5 Å². The van der Waals surface area contributed by atoms with E-state index in [1.165, 1.54) is 17.4 Å². The Morgan fingerprint density at radius 2 is 1.92 bits per heavy atom. The number of fused-ring (bicyclic) bond motifs is 1. The smallest absolute Gasteiger partial charge is 0.265 e. The van der Waals surface area contributed by atoms with E-state index in [4.69, 9.17) is 0 Å². The lowest BCUT2D eigenvalue weighted by atomic mass is 10.0. The van der Waals surface area contributed by atoms with Crippen LogP contribution in [0.1, 0.15) is 21.7 Å². The highest BCUT2D eigenvalue weighted by atomic mass is 32.1. The van der Waals surface area contributed by atoms with Crippen molar-refractivity contribution in [2.75, 3.05) is 10.6 Å². The van der Waals surface area contributed by atoms with Crippen molar-refractivity contribution in [2.45, 2.75) is 12.8 Å². The van der Waals surface area contributed by atoms with E-state index < -0.39 is 0 Å². The van der Waals surface area contributed by atoms with Crippen LogP contribution in [0.3, 0.4) is 0 Å². The molecule has 2 N–H and O–H groups in total. The van der Waals surface area contributed by atoms with Crippen LogP contribution < -0.4 is 10.6 Å². The van der Waals surface area contributed by atoms with Crippen molar-refractivity contribution in [1.82, 2.24) is 0 Å². The van der Waals surface area contributed by atoms with Crippen molar-refractivity contribution in [3.05, 3.63) is 70.9 Å². The van der Waals surface area contributed by atoms with E-state index in [2.05, 4.69) is 10.6 Å². The van der Waals surface area contributed by atoms with Crippen molar-refractivity contribution < 1.29 is 14.0 Å². The summed E-state index contributed by atoms with van der Waals surface area (Å²) in [4.78, 5) is 25.1. The normalized spacial score (nSPS) is 13.0. The molecule has 0 unspecified atom stereocenters. The first-order valence-corrected chi connectivity index (χ1v) is 9.01. The van der Waals surface area contributed by atoms with Gasteiger partial charge in [0.1, 0.15) is 5.82 Å². The van der Waals surface area contributed by atoms with Gasteiger partial charge in [-0.05, 0) is 48.4 Å². The van der Waals surface area contributed by atoms with Gasteiger partial charge in [-0.1, -0.05) is 18.2 Å². The van der Waals surface area contributed by atoms with E-state index in [9.17, 15) is 14.0 Å². The highest BCUT2D eigenvalue weighted by Gasteiger charge is 2.16. The van der Waals surface area contributed by atoms with Gasteiger partial charge in [-0.3, -0.25) is 9.59 Å². The quantitative estimate of drug-likeness (QED) is 0.706. The molecule has 4 nitrogen and oxygen atoms in total. The third-order valence-electron chi connectivity index (χ3n) is 4.23. The van der Waals surface area contributed by atoms with E-state index >= 15 is 0 Å². The topological polar surface area (TPSA) is 58.2 Å². The highest BCUT2D eigenvalue weighted by Crippen LogP contribution is 2.31. The van der Waals surface area contributed by atoms with E-state index in [0.29, 0.717) is 33.8 Å². The maximum Gasteiger partial charge on any atom is 0.265 e. The first-order chi connectivity index (χ1) is 12.6. The van der Waals surface area contributed by atoms with Gasteiger partial charge in [-0.15, -0.1) is 11.3 Å². The number of anilines is 2. The number of hydrogen-bond acceptors (Lipinski definition) is 3. The van der Waals surface area contributed by atoms with Gasteiger partial charge in [0.2, 0.25) is 5.91 Å². The van der Waals surface area contributed by atoms with E-state index in [1.54, 1.807) is 42.5 Å². The lowest BCUT2D eigenvalue weighted by Crippen LogP contribution is -2.19. The Hall–Kier alpha value is -2.99. The molecule has 0 bridgehead atoms. The molecular formula is C20H15FN2O2S. The molecule has 0 fully saturated rings. The van der Waals surface area contributed by atoms with Crippen LogP contribution in [0.2, 0.25) is 0 Å². The standard InChI is InChI=1S/C20H15FN2O2S/c21-15-4-2-1-3-14(15)17-8-9-18(26-17)20(25)22-13-6-7-16-12(11-13)5-10-19(24)23-16/h1-4,6-9,11H,5,10H2,(H,22,25)(H,23,24). The predicted molar refractivity (Wildman–Crippen MR) is 101 cm³/mol. The minimum absolute atomic E-state index is 0.00791. The monoisotopic (exact) mass is 366 g/mol. The molecule has 2 amide bonds. The van der Waals surface area contributed by atoms with E-state index in [-0.39, 0.29) is 17.6 Å². The fraction of sp³-hybridized carbons (Fsp3) is 0.100. The average Bonchev–Trinajstić information content (AvgIpc) is 3.12. The molecule has 2 heterocycles. The van der Waals surface area contributed by atoms with Crippen molar-refractivity contribution in [3.8, 4) is 10.4 Å². The first kappa shape index (κ1) is 16.5. The number of hydrogen-bond donors (Lipinski definition) is 2. The summed E-state index contributed by atoms with van der Waals surface area (Å²) in [5.74, 6) is -0.538. The molecule has 0 saturated carbocycles. The van der Waals surface area contributed by atoms with Gasteiger partial charge in [-0.25, -0.2) is 4.39 Å². The van der Waals surface area contributed by atoms with Crippen LogP contribution in [0.15, 0.2) is 54.6 Å². The summed E-state index contributed by atoms with van der Waals surface area (Å²) < 4.78 is 13.9. The molecule has 0 aliphatic carbocycles. The molecule has 2 aromatic carbocycles. The van der Waals surface area contributed by atoms with Gasteiger partial charge >= 0.3 is 0 Å². The van der Waals surface area contributed by atoms with Gasteiger partial charge in [0, 0.05) is 28.2 Å². The summed E-state index contributed by atoms with van der Waals surface area (Å²) in [6, 6.07) is 15.4. The zero-order valence-electron chi connectivity index (χ0n) is 13.7. The van der Waals surface area contributed by atoms with Crippen molar-refractivity contribution in [2.24, 2.45) is 0 Å². The molecule has 1 aliphatic heterocycles. The zero-order valence-corrected chi connectivity index (χ0v) is 14.5. The number of aryl methyl sites for hydroxylation is 1. The second-order valence-electron chi connectivity index (χ2n) is 6.02. The molecule has 1 aliphatic rings. The summed E-state index contributed by atoms with van der Waals surface area (Å²) in [6.07, 6.45) is 1.10. The van der Waals surface area contributed by atoms with Crippen molar-refractivity contribution in [3.63, 3.8) is 0 Å². The van der Waals surface area contributed by atoms with Crippen LogP contribution in [0.25, 0.3) is 10.4 Å². The molecule has 4 rings (SSSR count). The number of carbonyl (C=O) groups is 2. The molecule has 6 heteroatoms. The molecule has 1 aromatic heterocycles. The maximum absolute atomic E-state index is 13.9. The predicted octanol–water partition coefficient (Wildman–Crippen LogP) is 4.69. The first-order valence-electron chi connectivity index (χ1n) is 8.19. The number of benzene rings is 2. The van der Waals surface area contributed by atoms with E-state index in [0.717, 1.165) is 11.3 Å². The molecular weight excluding hydrogens is 351 g/mol. The summed E-state index contributed by atoms with van der Waals surface area (Å²) in [6.45, 7) is 0. The highest BCUT2D eigenvalue weighted by molar-refractivity contribution is 7.17. The Morgan fingerprint density at radius 1 is 1.08 bits per heavy atom. The Balaban J connectivity index is 1.53. The molecule has 130 valence electrons. The summed E-state index contributed by atoms with van der Waals surface area (Å²) in [7, 11) is 0. The number of nitrogens with one attached hydrogen (secondary N) is 2.